The standard InChI is InChI=1S/C37H44F4O3/c1-3-5-23-43-32-18-16-30(34(39)36(32)41)26-19-21-37(22-20-26,27-9-7-6-8-10-27)24-44-28-13-11-25(12-14-28)29-15-17-31(42-4-2)35(40)33(29)38/h11-18,26-27H,3-10,19-24H2,1-2H3. The largest absolute Gasteiger partial charge is 0.493 e. The smallest absolute Gasteiger partial charge is 0.201 e. The maximum atomic E-state index is 15.2. The normalized spacial score (nSPS) is 20.8. The fourth-order valence-electron chi connectivity index (χ4n) is 7.17. The van der Waals surface area contributed by atoms with Crippen molar-refractivity contribution >= 4 is 0 Å². The van der Waals surface area contributed by atoms with Gasteiger partial charge < -0.3 is 14.2 Å². The van der Waals surface area contributed by atoms with Crippen LogP contribution in [0.4, 0.5) is 17.6 Å². The van der Waals surface area contributed by atoms with Crippen LogP contribution in [-0.2, 0) is 0 Å². The molecule has 3 aromatic rings. The third kappa shape index (κ3) is 7.02. The number of hydrogen-bond donors (Lipinski definition) is 0. The molecule has 44 heavy (non-hydrogen) atoms. The van der Waals surface area contributed by atoms with E-state index in [1.165, 1.54) is 31.4 Å². The van der Waals surface area contributed by atoms with E-state index in [9.17, 15) is 13.2 Å². The highest BCUT2D eigenvalue weighted by molar-refractivity contribution is 5.66. The second-order valence-corrected chi connectivity index (χ2v) is 12.4. The van der Waals surface area contributed by atoms with Crippen LogP contribution in [0.2, 0.25) is 0 Å². The maximum Gasteiger partial charge on any atom is 0.201 e. The summed E-state index contributed by atoms with van der Waals surface area (Å²) in [5.41, 5.74) is 1.11. The van der Waals surface area contributed by atoms with Crippen LogP contribution in [0.25, 0.3) is 11.1 Å². The second kappa shape index (κ2) is 14.7. The summed E-state index contributed by atoms with van der Waals surface area (Å²) in [5, 5.41) is 0. The molecule has 0 radical (unpaired) electrons. The highest BCUT2D eigenvalue weighted by Crippen LogP contribution is 2.52. The summed E-state index contributed by atoms with van der Waals surface area (Å²) in [6, 6.07) is 13.3. The number of benzene rings is 3. The highest BCUT2D eigenvalue weighted by atomic mass is 19.2. The van der Waals surface area contributed by atoms with E-state index in [1.807, 2.05) is 6.92 Å². The van der Waals surface area contributed by atoms with Crippen LogP contribution >= 0.6 is 0 Å². The number of hydrogen-bond acceptors (Lipinski definition) is 3. The Morgan fingerprint density at radius 1 is 0.682 bits per heavy atom. The van der Waals surface area contributed by atoms with E-state index < -0.39 is 23.3 Å². The van der Waals surface area contributed by atoms with Gasteiger partial charge in [0.05, 0.1) is 19.8 Å². The Labute approximate surface area is 258 Å². The van der Waals surface area contributed by atoms with E-state index in [0.717, 1.165) is 51.4 Å². The van der Waals surface area contributed by atoms with Gasteiger partial charge in [-0.25, -0.2) is 8.78 Å². The number of unbranched alkanes of at least 4 members (excludes halogenated alkanes) is 1. The second-order valence-electron chi connectivity index (χ2n) is 12.4. The van der Waals surface area contributed by atoms with Crippen LogP contribution in [0.1, 0.15) is 96.0 Å². The Balaban J connectivity index is 1.27. The molecule has 0 spiro atoms. The van der Waals surface area contributed by atoms with Gasteiger partial charge in [0.15, 0.2) is 23.1 Å². The van der Waals surface area contributed by atoms with Crippen LogP contribution in [-0.4, -0.2) is 19.8 Å². The molecule has 0 bridgehead atoms. The van der Waals surface area contributed by atoms with Crippen molar-refractivity contribution in [1.82, 2.24) is 0 Å². The van der Waals surface area contributed by atoms with Gasteiger partial charge in [0, 0.05) is 11.0 Å². The Kier molecular flexibility index (Phi) is 10.8. The third-order valence-electron chi connectivity index (χ3n) is 9.76. The molecule has 0 atom stereocenters. The van der Waals surface area contributed by atoms with Crippen molar-refractivity contribution in [2.45, 2.75) is 90.4 Å². The number of rotatable bonds is 12. The van der Waals surface area contributed by atoms with Crippen molar-refractivity contribution in [3.05, 3.63) is 77.4 Å². The molecule has 0 amide bonds. The zero-order chi connectivity index (χ0) is 31.1. The molecule has 0 aromatic heterocycles. The molecule has 7 heteroatoms. The quantitative estimate of drug-likeness (QED) is 0.150. The van der Waals surface area contributed by atoms with Crippen LogP contribution in [0.3, 0.4) is 0 Å². The maximum absolute atomic E-state index is 15.2. The molecule has 2 aliphatic carbocycles. The lowest BCUT2D eigenvalue weighted by atomic mass is 9.60. The van der Waals surface area contributed by atoms with Gasteiger partial charge in [0.2, 0.25) is 11.6 Å². The Hall–Kier alpha value is -3.22. The monoisotopic (exact) mass is 612 g/mol. The lowest BCUT2D eigenvalue weighted by Gasteiger charge is -2.47. The fourth-order valence-corrected chi connectivity index (χ4v) is 7.17. The van der Waals surface area contributed by atoms with Gasteiger partial charge >= 0.3 is 0 Å². The summed E-state index contributed by atoms with van der Waals surface area (Å²) in [6.45, 7) is 4.91. The molecule has 3 nitrogen and oxygen atoms in total. The van der Waals surface area contributed by atoms with Gasteiger partial charge in [-0.3, -0.25) is 0 Å². The summed E-state index contributed by atoms with van der Waals surface area (Å²) < 4.78 is 76.3. The van der Waals surface area contributed by atoms with Crippen molar-refractivity contribution in [2.24, 2.45) is 11.3 Å². The predicted molar refractivity (Wildman–Crippen MR) is 165 cm³/mol. The van der Waals surface area contributed by atoms with E-state index in [-0.39, 0.29) is 35.0 Å². The Bertz CT molecular complexity index is 1380. The molecule has 2 aliphatic rings. The van der Waals surface area contributed by atoms with Crippen LogP contribution in [0.5, 0.6) is 17.2 Å². The van der Waals surface area contributed by atoms with E-state index >= 15 is 4.39 Å². The molecule has 0 heterocycles. The molecule has 0 aliphatic heterocycles. The summed E-state index contributed by atoms with van der Waals surface area (Å²) in [7, 11) is 0. The predicted octanol–water partition coefficient (Wildman–Crippen LogP) is 10.8. The van der Waals surface area contributed by atoms with Gasteiger partial charge in [0.25, 0.3) is 0 Å². The van der Waals surface area contributed by atoms with E-state index in [2.05, 4.69) is 0 Å². The average molecular weight is 613 g/mol. The van der Waals surface area contributed by atoms with E-state index in [1.54, 1.807) is 43.3 Å². The minimum atomic E-state index is -0.992. The number of ether oxygens (including phenoxy) is 3. The number of halogens is 4. The molecule has 0 unspecified atom stereocenters. The van der Waals surface area contributed by atoms with Crippen LogP contribution in [0.15, 0.2) is 48.5 Å². The summed E-state index contributed by atoms with van der Waals surface area (Å²) in [5.74, 6) is -2.56. The average Bonchev–Trinajstić information content (AvgIpc) is 3.06. The fraction of sp³-hybridized carbons (Fsp3) is 0.514. The lowest BCUT2D eigenvalue weighted by molar-refractivity contribution is 0.0112. The van der Waals surface area contributed by atoms with Crippen molar-refractivity contribution in [1.29, 1.82) is 0 Å². The molecule has 2 saturated carbocycles. The third-order valence-corrected chi connectivity index (χ3v) is 9.76. The van der Waals surface area contributed by atoms with Crippen molar-refractivity contribution in [3.63, 3.8) is 0 Å². The highest BCUT2D eigenvalue weighted by Gasteiger charge is 2.43. The summed E-state index contributed by atoms with van der Waals surface area (Å²) in [4.78, 5) is 0. The summed E-state index contributed by atoms with van der Waals surface area (Å²) in [6.07, 6.45) is 11.0. The minimum Gasteiger partial charge on any atom is -0.493 e. The Morgan fingerprint density at radius 2 is 1.34 bits per heavy atom. The minimum absolute atomic E-state index is 0.0122. The van der Waals surface area contributed by atoms with Crippen molar-refractivity contribution in [2.75, 3.05) is 19.8 Å². The van der Waals surface area contributed by atoms with Gasteiger partial charge in [-0.05, 0) is 105 Å². The SMILES string of the molecule is CCCCOc1ccc(C2CCC(COc3ccc(-c4ccc(OCC)c(F)c4F)cc3)(C3CCCCC3)CC2)c(F)c1F. The molecule has 0 saturated heterocycles. The van der Waals surface area contributed by atoms with E-state index in [0.29, 0.717) is 36.0 Å². The van der Waals surface area contributed by atoms with Crippen molar-refractivity contribution < 1.29 is 31.8 Å². The van der Waals surface area contributed by atoms with Gasteiger partial charge in [-0.1, -0.05) is 50.8 Å². The van der Waals surface area contributed by atoms with Gasteiger partial charge in [-0.2, -0.15) is 8.78 Å². The molecular formula is C37H44F4O3. The lowest BCUT2D eigenvalue weighted by Crippen LogP contribution is -2.41. The molecule has 0 N–H and O–H groups in total. The first-order chi connectivity index (χ1) is 21.4. The first kappa shape index (κ1) is 32.2. The molecule has 3 aromatic carbocycles. The Morgan fingerprint density at radius 3 is 2.02 bits per heavy atom. The van der Waals surface area contributed by atoms with Gasteiger partial charge in [0.1, 0.15) is 5.75 Å². The zero-order valence-corrected chi connectivity index (χ0v) is 25.9. The molecule has 2 fully saturated rings. The zero-order valence-electron chi connectivity index (χ0n) is 25.9. The van der Waals surface area contributed by atoms with Gasteiger partial charge in [-0.15, -0.1) is 0 Å². The van der Waals surface area contributed by atoms with Crippen LogP contribution < -0.4 is 14.2 Å². The van der Waals surface area contributed by atoms with Crippen molar-refractivity contribution in [3.8, 4) is 28.4 Å². The molecule has 238 valence electrons. The molecular weight excluding hydrogens is 568 g/mol. The first-order valence-electron chi connectivity index (χ1n) is 16.3. The topological polar surface area (TPSA) is 27.7 Å². The molecule has 5 rings (SSSR count). The van der Waals surface area contributed by atoms with Crippen LogP contribution in [0, 0.1) is 34.6 Å². The first-order valence-corrected chi connectivity index (χ1v) is 16.3. The summed E-state index contributed by atoms with van der Waals surface area (Å²) >= 11 is 0. The van der Waals surface area contributed by atoms with E-state index in [4.69, 9.17) is 14.2 Å².